The summed E-state index contributed by atoms with van der Waals surface area (Å²) in [6.07, 6.45) is 2.07. The Morgan fingerprint density at radius 1 is 1.50 bits per heavy atom. The number of nitrogens with zero attached hydrogens (tertiary/aromatic N) is 1. The van der Waals surface area contributed by atoms with Gasteiger partial charge in [-0.15, -0.1) is 5.06 Å². The molecule has 0 aromatic carbocycles. The molecular weight excluding hydrogens is 232 g/mol. The summed E-state index contributed by atoms with van der Waals surface area (Å²) in [5.41, 5.74) is 0. The molecule has 1 heterocycles. The molecule has 0 radical (unpaired) electrons. The molecule has 0 aromatic rings. The third-order valence-corrected chi connectivity index (χ3v) is 2.82. The first kappa shape index (κ1) is 13.0. The summed E-state index contributed by atoms with van der Waals surface area (Å²) in [6, 6.07) is -0.517. The SMILES string of the molecule is CNC(CSC)C(=O)ON1C(=O)CCC1=O. The third kappa shape index (κ3) is 2.96. The van der Waals surface area contributed by atoms with Gasteiger partial charge >= 0.3 is 5.97 Å². The van der Waals surface area contributed by atoms with Gasteiger partial charge in [0.05, 0.1) is 0 Å². The van der Waals surface area contributed by atoms with E-state index < -0.39 is 23.8 Å². The number of likely N-dealkylation sites (N-methyl/N-ethyl adjacent to an activating group) is 1. The number of hydrogen-bond acceptors (Lipinski definition) is 6. The van der Waals surface area contributed by atoms with Crippen molar-refractivity contribution < 1.29 is 19.2 Å². The highest BCUT2D eigenvalue weighted by Crippen LogP contribution is 2.13. The minimum absolute atomic E-state index is 0.110. The number of rotatable bonds is 5. The van der Waals surface area contributed by atoms with Crippen LogP contribution in [0.4, 0.5) is 0 Å². The molecule has 1 unspecified atom stereocenters. The van der Waals surface area contributed by atoms with Crippen molar-refractivity contribution in [1.82, 2.24) is 10.4 Å². The van der Waals surface area contributed by atoms with Gasteiger partial charge in [-0.2, -0.15) is 11.8 Å². The van der Waals surface area contributed by atoms with E-state index in [0.717, 1.165) is 0 Å². The average molecular weight is 246 g/mol. The molecule has 0 saturated carbocycles. The van der Waals surface area contributed by atoms with E-state index in [1.807, 2.05) is 6.26 Å². The van der Waals surface area contributed by atoms with Gasteiger partial charge in [-0.3, -0.25) is 9.59 Å². The molecule has 0 aromatic heterocycles. The van der Waals surface area contributed by atoms with Gasteiger partial charge in [-0.25, -0.2) is 4.79 Å². The number of nitrogens with one attached hydrogen (secondary N) is 1. The molecular formula is C9H14N2O4S. The fourth-order valence-electron chi connectivity index (χ4n) is 1.25. The zero-order valence-corrected chi connectivity index (χ0v) is 10.0. The van der Waals surface area contributed by atoms with Crippen molar-refractivity contribution in [2.24, 2.45) is 0 Å². The molecule has 0 spiro atoms. The van der Waals surface area contributed by atoms with Gasteiger partial charge in [0.1, 0.15) is 6.04 Å². The molecule has 1 atom stereocenters. The highest BCUT2D eigenvalue weighted by molar-refractivity contribution is 7.98. The number of hydrogen-bond donors (Lipinski definition) is 1. The smallest absolute Gasteiger partial charge is 0.329 e. The van der Waals surface area contributed by atoms with E-state index in [9.17, 15) is 14.4 Å². The minimum Gasteiger partial charge on any atom is -0.329 e. The number of carbonyl (C=O) groups is 3. The van der Waals surface area contributed by atoms with Gasteiger partial charge < -0.3 is 10.2 Å². The topological polar surface area (TPSA) is 75.7 Å². The maximum Gasteiger partial charge on any atom is 0.350 e. The lowest BCUT2D eigenvalue weighted by molar-refractivity contribution is -0.198. The molecule has 7 heteroatoms. The Labute approximate surface area is 97.6 Å². The van der Waals surface area contributed by atoms with Crippen molar-refractivity contribution in [2.75, 3.05) is 19.1 Å². The number of imide groups is 1. The van der Waals surface area contributed by atoms with E-state index in [-0.39, 0.29) is 12.8 Å². The van der Waals surface area contributed by atoms with Crippen molar-refractivity contribution in [3.63, 3.8) is 0 Å². The van der Waals surface area contributed by atoms with Crippen LogP contribution >= 0.6 is 11.8 Å². The number of hydroxylamine groups is 2. The highest BCUT2D eigenvalue weighted by Gasteiger charge is 2.34. The van der Waals surface area contributed by atoms with Crippen LogP contribution in [0.5, 0.6) is 0 Å². The number of amides is 2. The van der Waals surface area contributed by atoms with Crippen LogP contribution in [0.3, 0.4) is 0 Å². The Balaban J connectivity index is 2.55. The molecule has 90 valence electrons. The molecule has 1 aliphatic heterocycles. The molecule has 1 saturated heterocycles. The first-order chi connectivity index (χ1) is 7.60. The summed E-state index contributed by atoms with van der Waals surface area (Å²) >= 11 is 1.47. The quantitative estimate of drug-likeness (QED) is 0.662. The van der Waals surface area contributed by atoms with Crippen molar-refractivity contribution in [2.45, 2.75) is 18.9 Å². The lowest BCUT2D eigenvalue weighted by Crippen LogP contribution is -2.43. The van der Waals surface area contributed by atoms with Gasteiger partial charge in [0, 0.05) is 18.6 Å². The molecule has 1 fully saturated rings. The Morgan fingerprint density at radius 3 is 2.50 bits per heavy atom. The first-order valence-electron chi connectivity index (χ1n) is 4.84. The Morgan fingerprint density at radius 2 is 2.06 bits per heavy atom. The van der Waals surface area contributed by atoms with Crippen molar-refractivity contribution in [3.05, 3.63) is 0 Å². The summed E-state index contributed by atoms with van der Waals surface area (Å²) in [7, 11) is 1.62. The predicted molar refractivity (Wildman–Crippen MR) is 58.4 cm³/mol. The van der Waals surface area contributed by atoms with E-state index in [0.29, 0.717) is 10.8 Å². The monoisotopic (exact) mass is 246 g/mol. The van der Waals surface area contributed by atoms with E-state index in [1.165, 1.54) is 11.8 Å². The van der Waals surface area contributed by atoms with Crippen LogP contribution in [0, 0.1) is 0 Å². The summed E-state index contributed by atoms with van der Waals surface area (Å²) in [5, 5.41) is 3.32. The largest absolute Gasteiger partial charge is 0.350 e. The fourth-order valence-corrected chi connectivity index (χ4v) is 1.88. The van der Waals surface area contributed by atoms with E-state index in [1.54, 1.807) is 7.05 Å². The van der Waals surface area contributed by atoms with Crippen LogP contribution in [0.25, 0.3) is 0 Å². The van der Waals surface area contributed by atoms with Gasteiger partial charge in [-0.1, -0.05) is 0 Å². The van der Waals surface area contributed by atoms with Crippen LogP contribution in [0.2, 0.25) is 0 Å². The molecule has 0 aliphatic carbocycles. The molecule has 2 amide bonds. The lowest BCUT2D eigenvalue weighted by Gasteiger charge is -2.17. The molecule has 6 nitrogen and oxygen atoms in total. The Bertz CT molecular complexity index is 292. The maximum absolute atomic E-state index is 11.6. The summed E-state index contributed by atoms with van der Waals surface area (Å²) in [6.45, 7) is 0. The zero-order chi connectivity index (χ0) is 12.1. The van der Waals surface area contributed by atoms with Crippen LogP contribution in [-0.2, 0) is 19.2 Å². The standard InChI is InChI=1S/C9H14N2O4S/c1-10-6(5-16-2)9(14)15-11-7(12)3-4-8(11)13/h6,10H,3-5H2,1-2H3. The molecule has 1 aliphatic rings. The highest BCUT2D eigenvalue weighted by atomic mass is 32.2. The van der Waals surface area contributed by atoms with Gasteiger partial charge in [0.2, 0.25) is 0 Å². The second-order valence-corrected chi connectivity index (χ2v) is 4.20. The molecule has 16 heavy (non-hydrogen) atoms. The third-order valence-electron chi connectivity index (χ3n) is 2.15. The molecule has 1 rings (SSSR count). The second-order valence-electron chi connectivity index (χ2n) is 3.29. The predicted octanol–water partition coefficient (Wildman–Crippen LogP) is -0.455. The Kier molecular flexibility index (Phi) is 4.75. The average Bonchev–Trinajstić information content (AvgIpc) is 2.57. The van der Waals surface area contributed by atoms with E-state index in [2.05, 4.69) is 5.32 Å². The van der Waals surface area contributed by atoms with Crippen LogP contribution < -0.4 is 5.32 Å². The first-order valence-corrected chi connectivity index (χ1v) is 6.23. The lowest BCUT2D eigenvalue weighted by atomic mass is 10.3. The summed E-state index contributed by atoms with van der Waals surface area (Å²) in [4.78, 5) is 38.7. The summed E-state index contributed by atoms with van der Waals surface area (Å²) < 4.78 is 0. The Hall–Kier alpha value is -1.08. The number of carbonyl (C=O) groups excluding carboxylic acids is 3. The van der Waals surface area contributed by atoms with Gasteiger partial charge in [0.25, 0.3) is 11.8 Å². The van der Waals surface area contributed by atoms with E-state index >= 15 is 0 Å². The van der Waals surface area contributed by atoms with Crippen LogP contribution in [0.1, 0.15) is 12.8 Å². The van der Waals surface area contributed by atoms with Gasteiger partial charge in [0.15, 0.2) is 0 Å². The molecule has 0 bridgehead atoms. The fraction of sp³-hybridized carbons (Fsp3) is 0.667. The van der Waals surface area contributed by atoms with Crippen LogP contribution in [-0.4, -0.2) is 47.9 Å². The van der Waals surface area contributed by atoms with Crippen molar-refractivity contribution >= 4 is 29.5 Å². The number of thioether (sulfide) groups is 1. The zero-order valence-electron chi connectivity index (χ0n) is 9.19. The van der Waals surface area contributed by atoms with Crippen LogP contribution in [0.15, 0.2) is 0 Å². The van der Waals surface area contributed by atoms with Crippen molar-refractivity contribution in [3.8, 4) is 0 Å². The normalized spacial score (nSPS) is 17.8. The van der Waals surface area contributed by atoms with E-state index in [4.69, 9.17) is 4.84 Å². The molecule has 1 N–H and O–H groups in total. The minimum atomic E-state index is -0.611. The van der Waals surface area contributed by atoms with Gasteiger partial charge in [-0.05, 0) is 13.3 Å². The maximum atomic E-state index is 11.6. The second kappa shape index (κ2) is 5.86. The summed E-state index contributed by atoms with van der Waals surface area (Å²) in [5.74, 6) is -1.01. The van der Waals surface area contributed by atoms with Crippen molar-refractivity contribution in [1.29, 1.82) is 0 Å².